The van der Waals surface area contributed by atoms with Crippen LogP contribution in [-0.4, -0.2) is 21.3 Å². The number of hydrogen-bond acceptors (Lipinski definition) is 4. The largest absolute Gasteiger partial charge is 0.481 e. The van der Waals surface area contributed by atoms with Gasteiger partial charge in [0.25, 0.3) is 0 Å². The maximum absolute atomic E-state index is 14.3. The molecule has 148 valence electrons. The third-order valence-electron chi connectivity index (χ3n) is 5.28. The van der Waals surface area contributed by atoms with Gasteiger partial charge in [0.2, 0.25) is 0 Å². The lowest BCUT2D eigenvalue weighted by Crippen LogP contribution is -2.13. The highest BCUT2D eigenvalue weighted by Crippen LogP contribution is 2.41. The van der Waals surface area contributed by atoms with Gasteiger partial charge >= 0.3 is 5.97 Å². The zero-order valence-corrected chi connectivity index (χ0v) is 16.1. The molecule has 0 amide bonds. The number of carboxylic acid groups (broad SMARTS) is 1. The summed E-state index contributed by atoms with van der Waals surface area (Å²) in [4.78, 5) is 15.4. The number of pyridine rings is 1. The lowest BCUT2D eigenvalue weighted by Gasteiger charge is -2.24. The van der Waals surface area contributed by atoms with Crippen molar-refractivity contribution in [2.45, 2.75) is 49.0 Å². The molecule has 2 aromatic rings. The molecule has 0 bridgehead atoms. The molecule has 2 fully saturated rings. The molecule has 1 aromatic carbocycles. The highest BCUT2D eigenvalue weighted by molar-refractivity contribution is 7.99. The van der Waals surface area contributed by atoms with Crippen LogP contribution in [0.4, 0.5) is 8.78 Å². The monoisotopic (exact) mass is 405 g/mol. The Morgan fingerprint density at radius 1 is 1.25 bits per heavy atom. The normalized spacial score (nSPS) is 21.2. The minimum atomic E-state index is -0.851. The minimum Gasteiger partial charge on any atom is -0.481 e. The Morgan fingerprint density at radius 3 is 2.61 bits per heavy atom. The molecule has 2 aliphatic rings. The zero-order chi connectivity index (χ0) is 19.7. The summed E-state index contributed by atoms with van der Waals surface area (Å²) in [6.07, 6.45) is 4.56. The van der Waals surface area contributed by atoms with Crippen molar-refractivity contribution in [2.75, 3.05) is 0 Å². The van der Waals surface area contributed by atoms with Crippen LogP contribution < -0.4 is 4.74 Å². The van der Waals surface area contributed by atoms with Gasteiger partial charge in [-0.15, -0.1) is 11.8 Å². The van der Waals surface area contributed by atoms with Gasteiger partial charge in [0.1, 0.15) is 6.61 Å². The Labute approximate surface area is 166 Å². The molecule has 0 saturated heterocycles. The second kappa shape index (κ2) is 8.07. The van der Waals surface area contributed by atoms with E-state index in [9.17, 15) is 13.6 Å². The number of aliphatic carboxylic acids is 1. The predicted molar refractivity (Wildman–Crippen MR) is 101 cm³/mol. The number of hydrogen-bond donors (Lipinski definition) is 1. The molecule has 2 saturated carbocycles. The Morgan fingerprint density at radius 2 is 2.00 bits per heavy atom. The molecule has 1 aromatic heterocycles. The molecule has 0 aliphatic heterocycles. The van der Waals surface area contributed by atoms with Crippen molar-refractivity contribution < 1.29 is 23.4 Å². The van der Waals surface area contributed by atoms with Gasteiger partial charge in [-0.1, -0.05) is 12.5 Å². The van der Waals surface area contributed by atoms with Crippen molar-refractivity contribution >= 4 is 17.7 Å². The van der Waals surface area contributed by atoms with Gasteiger partial charge in [0.15, 0.2) is 17.4 Å². The number of halogens is 2. The van der Waals surface area contributed by atoms with E-state index in [2.05, 4.69) is 4.98 Å². The predicted octanol–water partition coefficient (Wildman–Crippen LogP) is 4.85. The smallest absolute Gasteiger partial charge is 0.306 e. The van der Waals surface area contributed by atoms with Crippen molar-refractivity contribution in [2.24, 2.45) is 11.8 Å². The van der Waals surface area contributed by atoms with Gasteiger partial charge in [-0.3, -0.25) is 4.79 Å². The number of benzene rings is 1. The second-order valence-electron chi connectivity index (χ2n) is 7.46. The average molecular weight is 405 g/mol. The summed E-state index contributed by atoms with van der Waals surface area (Å²) in [6.45, 7) is -0.0179. The van der Waals surface area contributed by atoms with E-state index in [1.54, 1.807) is 17.8 Å². The molecule has 2 aliphatic carbocycles. The van der Waals surface area contributed by atoms with Crippen LogP contribution >= 0.6 is 11.8 Å². The third-order valence-corrected chi connectivity index (χ3v) is 6.55. The van der Waals surface area contributed by atoms with Crippen LogP contribution in [-0.2, 0) is 17.8 Å². The fraction of sp³-hybridized carbons (Fsp3) is 0.429. The topological polar surface area (TPSA) is 59.4 Å². The maximum atomic E-state index is 14.3. The van der Waals surface area contributed by atoms with Gasteiger partial charge in [0, 0.05) is 5.25 Å². The first kappa shape index (κ1) is 19.2. The van der Waals surface area contributed by atoms with Crippen LogP contribution in [0.15, 0.2) is 35.4 Å². The highest BCUT2D eigenvalue weighted by atomic mass is 32.2. The van der Waals surface area contributed by atoms with E-state index in [4.69, 9.17) is 9.84 Å². The molecule has 0 spiro atoms. The Bertz CT molecular complexity index is 865. The van der Waals surface area contributed by atoms with Crippen LogP contribution in [0.5, 0.6) is 5.75 Å². The summed E-state index contributed by atoms with van der Waals surface area (Å²) in [7, 11) is 0. The van der Waals surface area contributed by atoms with E-state index in [0.29, 0.717) is 29.3 Å². The molecule has 0 radical (unpaired) electrons. The molecular formula is C21H21F2NO3S. The zero-order valence-electron chi connectivity index (χ0n) is 15.2. The van der Waals surface area contributed by atoms with Crippen molar-refractivity contribution in [3.8, 4) is 5.75 Å². The van der Waals surface area contributed by atoms with Crippen molar-refractivity contribution in [1.29, 1.82) is 0 Å². The van der Waals surface area contributed by atoms with Crippen LogP contribution in [0.2, 0.25) is 0 Å². The fourth-order valence-electron chi connectivity index (χ4n) is 3.36. The van der Waals surface area contributed by atoms with Gasteiger partial charge in [-0.25, -0.2) is 13.8 Å². The standard InChI is InChI=1S/C21H21F2NO3S/c22-17-8-12(7-13-10-16(13)21(25)26)9-18(23)20(17)27-11-14-3-1-6-19(24-14)28-15-4-2-5-15/h1,3,6,8-9,13,15-16H,2,4-5,7,10-11H2,(H,25,26). The summed E-state index contributed by atoms with van der Waals surface area (Å²) < 4.78 is 34.1. The summed E-state index contributed by atoms with van der Waals surface area (Å²) in [5.41, 5.74) is 1.07. The molecule has 4 nitrogen and oxygen atoms in total. The van der Waals surface area contributed by atoms with Crippen molar-refractivity contribution in [1.82, 2.24) is 4.98 Å². The van der Waals surface area contributed by atoms with E-state index in [1.807, 2.05) is 12.1 Å². The molecule has 4 rings (SSSR count). The molecule has 1 N–H and O–H groups in total. The third kappa shape index (κ3) is 4.46. The van der Waals surface area contributed by atoms with Crippen LogP contribution in [0.3, 0.4) is 0 Å². The second-order valence-corrected chi connectivity index (χ2v) is 8.78. The van der Waals surface area contributed by atoms with Crippen LogP contribution in [0.1, 0.15) is 36.9 Å². The lowest BCUT2D eigenvalue weighted by atomic mass is 10.0. The first-order chi connectivity index (χ1) is 13.5. The molecule has 2 unspecified atom stereocenters. The van der Waals surface area contributed by atoms with Gasteiger partial charge in [-0.05, 0) is 61.4 Å². The summed E-state index contributed by atoms with van der Waals surface area (Å²) in [6, 6.07) is 8.04. The Hall–Kier alpha value is -2.15. The number of aromatic nitrogens is 1. The van der Waals surface area contributed by atoms with Crippen LogP contribution in [0, 0.1) is 23.5 Å². The number of thioether (sulfide) groups is 1. The van der Waals surface area contributed by atoms with Gasteiger partial charge < -0.3 is 9.84 Å². The van der Waals surface area contributed by atoms with E-state index in [0.717, 1.165) is 5.03 Å². The van der Waals surface area contributed by atoms with E-state index in [1.165, 1.54) is 31.4 Å². The fourth-order valence-corrected chi connectivity index (χ4v) is 4.59. The number of ether oxygens (including phenoxy) is 1. The van der Waals surface area contributed by atoms with E-state index >= 15 is 0 Å². The van der Waals surface area contributed by atoms with Crippen LogP contribution in [0.25, 0.3) is 0 Å². The summed E-state index contributed by atoms with van der Waals surface area (Å²) in [5, 5.41) is 10.5. The Kier molecular flexibility index (Phi) is 5.53. The van der Waals surface area contributed by atoms with Gasteiger partial charge in [-0.2, -0.15) is 0 Å². The van der Waals surface area contributed by atoms with Gasteiger partial charge in [0.05, 0.1) is 16.6 Å². The summed E-state index contributed by atoms with van der Waals surface area (Å²) >= 11 is 1.73. The lowest BCUT2D eigenvalue weighted by molar-refractivity contribution is -0.138. The molecule has 28 heavy (non-hydrogen) atoms. The molecule has 1 heterocycles. The highest BCUT2D eigenvalue weighted by Gasteiger charge is 2.42. The van der Waals surface area contributed by atoms with Crippen molar-refractivity contribution in [3.05, 3.63) is 53.2 Å². The van der Waals surface area contributed by atoms with Crippen molar-refractivity contribution in [3.63, 3.8) is 0 Å². The minimum absolute atomic E-state index is 0.0179. The number of nitrogens with zero attached hydrogens (tertiary/aromatic N) is 1. The summed E-state index contributed by atoms with van der Waals surface area (Å²) in [5.74, 6) is -3.28. The quantitative estimate of drug-likeness (QED) is 0.681. The number of carboxylic acids is 1. The number of carbonyl (C=O) groups is 1. The average Bonchev–Trinajstić information content (AvgIpc) is 3.37. The SMILES string of the molecule is O=C(O)C1CC1Cc1cc(F)c(OCc2cccc(SC3CCC3)n2)c(F)c1. The first-order valence-electron chi connectivity index (χ1n) is 9.45. The maximum Gasteiger partial charge on any atom is 0.306 e. The molecule has 2 atom stereocenters. The van der Waals surface area contributed by atoms with E-state index in [-0.39, 0.29) is 12.5 Å². The molecule has 7 heteroatoms. The Balaban J connectivity index is 1.38. The first-order valence-corrected chi connectivity index (χ1v) is 10.3. The number of rotatable bonds is 8. The van der Waals surface area contributed by atoms with E-state index < -0.39 is 29.3 Å². The molecular weight excluding hydrogens is 384 g/mol.